The average Bonchev–Trinajstić information content (AvgIpc) is 3.87. The summed E-state index contributed by atoms with van der Waals surface area (Å²) in [6.45, 7) is 7.20. The number of methoxy groups -OCH3 is 1. The topological polar surface area (TPSA) is 168 Å². The maximum atomic E-state index is 15.3. The predicted molar refractivity (Wildman–Crippen MR) is 217 cm³/mol. The maximum absolute atomic E-state index is 15.3. The Bertz CT molecular complexity index is 2540. The van der Waals surface area contributed by atoms with Gasteiger partial charge in [0.05, 0.1) is 61.4 Å². The number of hydrogen-bond donors (Lipinski definition) is 1. The minimum atomic E-state index is -2.49. The molecule has 8 rings (SSSR count). The van der Waals surface area contributed by atoms with Gasteiger partial charge in [-0.2, -0.15) is 9.78 Å². The molecule has 4 aromatic carbocycles. The highest BCUT2D eigenvalue weighted by Gasteiger charge is 2.66. The second kappa shape index (κ2) is 14.8. The van der Waals surface area contributed by atoms with E-state index in [1.807, 2.05) is 55.6 Å². The lowest BCUT2D eigenvalue weighted by atomic mass is 9.82. The summed E-state index contributed by atoms with van der Waals surface area (Å²) in [4.78, 5) is 42.0. The molecule has 1 N–H and O–H groups in total. The van der Waals surface area contributed by atoms with Gasteiger partial charge in [-0.1, -0.05) is 72.9 Å². The van der Waals surface area contributed by atoms with Crippen molar-refractivity contribution in [2.45, 2.75) is 63.2 Å². The van der Waals surface area contributed by atoms with Gasteiger partial charge in [0.2, 0.25) is 0 Å². The molecule has 0 unspecified atom stereocenters. The van der Waals surface area contributed by atoms with Gasteiger partial charge in [-0.05, 0) is 53.9 Å². The second-order valence-corrected chi connectivity index (χ2v) is 20.0. The van der Waals surface area contributed by atoms with Crippen LogP contribution in [-0.4, -0.2) is 68.6 Å². The number of nitrogens with zero attached hydrogens (tertiary/aromatic N) is 7. The third kappa shape index (κ3) is 6.50. The van der Waals surface area contributed by atoms with Crippen molar-refractivity contribution in [3.63, 3.8) is 0 Å². The molecule has 1 spiro atoms. The number of aryl methyl sites for hydroxylation is 1. The van der Waals surface area contributed by atoms with Crippen LogP contribution in [0.3, 0.4) is 0 Å². The largest absolute Gasteiger partial charge is 0.497 e. The third-order valence-corrected chi connectivity index (χ3v) is 16.2. The number of carbonyl (C=O) groups excluding carboxylic acids is 1. The normalized spacial score (nSPS) is 20.4. The van der Waals surface area contributed by atoms with Crippen LogP contribution >= 0.6 is 0 Å². The van der Waals surface area contributed by atoms with Crippen molar-refractivity contribution in [1.82, 2.24) is 24.8 Å². The first kappa shape index (κ1) is 37.9. The minimum absolute atomic E-state index is 0.0375. The molecule has 57 heavy (non-hydrogen) atoms. The summed E-state index contributed by atoms with van der Waals surface area (Å²) in [6, 6.07) is 27.3. The number of aliphatic hydroxyl groups excluding tert-OH is 1. The molecule has 0 aliphatic carbocycles. The van der Waals surface area contributed by atoms with Gasteiger partial charge in [0.15, 0.2) is 5.60 Å². The number of nitro benzene ring substituents is 1. The predicted octanol–water partition coefficient (Wildman–Crippen LogP) is 5.28. The zero-order chi connectivity index (χ0) is 40.1. The summed E-state index contributed by atoms with van der Waals surface area (Å²) in [7, 11) is -0.857. The van der Waals surface area contributed by atoms with Crippen LogP contribution in [0.5, 0.6) is 5.75 Å². The van der Waals surface area contributed by atoms with Crippen LogP contribution in [0.1, 0.15) is 30.2 Å². The van der Waals surface area contributed by atoms with Crippen molar-refractivity contribution in [2.24, 2.45) is 5.92 Å². The zero-order valence-electron chi connectivity index (χ0n) is 32.1. The number of aromatic nitrogens is 5. The molecule has 15 heteroatoms. The Hall–Kier alpha value is -6.03. The van der Waals surface area contributed by atoms with E-state index < -0.39 is 24.7 Å². The van der Waals surface area contributed by atoms with E-state index >= 15 is 4.79 Å². The van der Waals surface area contributed by atoms with Crippen molar-refractivity contribution < 1.29 is 24.3 Å². The molecule has 1 saturated heterocycles. The van der Waals surface area contributed by atoms with Gasteiger partial charge in [0.1, 0.15) is 5.75 Å². The SMILES string of the molecule is COc1ccc([Si](C)(C)[C@H]2[C@H](CCn3cc(CCO)nn3)O[C@@]3(C(=O)N(Cc4ccc(-n5ncc6ccccc6c5=O)cc4)c4ccc([N+](=O)[O-])cc43)[C@@H]2C)cc1. The van der Waals surface area contributed by atoms with E-state index in [0.29, 0.717) is 47.4 Å². The number of non-ortho nitro benzene ring substituents is 1. The molecule has 0 radical (unpaired) electrons. The molecule has 0 bridgehead atoms. The molecule has 6 aromatic rings. The van der Waals surface area contributed by atoms with E-state index in [-0.39, 0.29) is 41.8 Å². The van der Waals surface area contributed by atoms with Crippen LogP contribution in [0, 0.1) is 16.0 Å². The van der Waals surface area contributed by atoms with Crippen LogP contribution in [-0.2, 0) is 34.6 Å². The van der Waals surface area contributed by atoms with Crippen molar-refractivity contribution in [3.8, 4) is 11.4 Å². The van der Waals surface area contributed by atoms with E-state index in [4.69, 9.17) is 9.47 Å². The third-order valence-electron chi connectivity index (χ3n) is 11.8. The molecular weight excluding hydrogens is 743 g/mol. The number of fused-ring (bicyclic) bond motifs is 3. The number of carbonyl (C=O) groups is 1. The van der Waals surface area contributed by atoms with E-state index in [1.54, 1.807) is 47.2 Å². The second-order valence-electron chi connectivity index (χ2n) is 15.4. The Morgan fingerprint density at radius 3 is 2.49 bits per heavy atom. The maximum Gasteiger partial charge on any atom is 0.279 e. The number of nitro groups is 1. The number of hydrogen-bond acceptors (Lipinski definition) is 10. The van der Waals surface area contributed by atoms with Crippen LogP contribution < -0.4 is 20.4 Å². The summed E-state index contributed by atoms with van der Waals surface area (Å²) in [6.07, 6.45) is 3.95. The Balaban J connectivity index is 1.17. The monoisotopic (exact) mass is 785 g/mol. The van der Waals surface area contributed by atoms with Gasteiger partial charge in [0, 0.05) is 54.8 Å². The zero-order valence-corrected chi connectivity index (χ0v) is 33.1. The van der Waals surface area contributed by atoms with Gasteiger partial charge >= 0.3 is 0 Å². The molecule has 4 heterocycles. The van der Waals surface area contributed by atoms with Crippen molar-refractivity contribution in [1.29, 1.82) is 0 Å². The van der Waals surface area contributed by atoms with Gasteiger partial charge in [0.25, 0.3) is 17.2 Å². The van der Waals surface area contributed by atoms with E-state index in [9.17, 15) is 20.0 Å². The molecule has 1 fully saturated rings. The van der Waals surface area contributed by atoms with Crippen molar-refractivity contribution in [3.05, 3.63) is 141 Å². The van der Waals surface area contributed by atoms with Crippen LogP contribution in [0.15, 0.2) is 108 Å². The summed E-state index contributed by atoms with van der Waals surface area (Å²) >= 11 is 0. The van der Waals surface area contributed by atoms with Crippen molar-refractivity contribution >= 4 is 41.3 Å². The van der Waals surface area contributed by atoms with Gasteiger partial charge in [-0.3, -0.25) is 24.4 Å². The van der Waals surface area contributed by atoms with Gasteiger partial charge in [-0.15, -0.1) is 5.10 Å². The van der Waals surface area contributed by atoms with Crippen molar-refractivity contribution in [2.75, 3.05) is 18.6 Å². The number of anilines is 1. The van der Waals surface area contributed by atoms with Gasteiger partial charge in [-0.25, -0.2) is 0 Å². The molecule has 4 atom stereocenters. The first-order chi connectivity index (χ1) is 27.5. The highest BCUT2D eigenvalue weighted by molar-refractivity contribution is 6.91. The lowest BCUT2D eigenvalue weighted by Crippen LogP contribution is -2.51. The summed E-state index contributed by atoms with van der Waals surface area (Å²) < 4.78 is 15.7. The lowest BCUT2D eigenvalue weighted by molar-refractivity contribution is -0.385. The number of rotatable bonds is 12. The fourth-order valence-corrected chi connectivity index (χ4v) is 13.0. The Labute approximate surface area is 329 Å². The fraction of sp³-hybridized carbons (Fsp3) is 0.310. The molecule has 2 aromatic heterocycles. The summed E-state index contributed by atoms with van der Waals surface area (Å²) in [5.74, 6) is 0.0899. The molecule has 0 saturated carbocycles. The molecule has 14 nitrogen and oxygen atoms in total. The highest BCUT2D eigenvalue weighted by Crippen LogP contribution is 2.60. The van der Waals surface area contributed by atoms with E-state index in [0.717, 1.165) is 16.7 Å². The molecular formula is C42H43N7O7Si. The Morgan fingerprint density at radius 1 is 1.02 bits per heavy atom. The summed E-state index contributed by atoms with van der Waals surface area (Å²) in [5, 5.41) is 37.0. The lowest BCUT2D eigenvalue weighted by Gasteiger charge is -2.37. The molecule has 2 aliphatic heterocycles. The van der Waals surface area contributed by atoms with Gasteiger partial charge < -0.3 is 19.5 Å². The Kier molecular flexibility index (Phi) is 9.83. The first-order valence-electron chi connectivity index (χ1n) is 19.0. The number of amides is 1. The smallest absolute Gasteiger partial charge is 0.279 e. The summed E-state index contributed by atoms with van der Waals surface area (Å²) in [5.41, 5.74) is 1.12. The minimum Gasteiger partial charge on any atom is -0.497 e. The first-order valence-corrected chi connectivity index (χ1v) is 22.0. The molecule has 292 valence electrons. The molecule has 2 aliphatic rings. The number of ether oxygens (including phenoxy) is 2. The fourth-order valence-electron chi connectivity index (χ4n) is 8.98. The molecule has 1 amide bonds. The average molecular weight is 786 g/mol. The highest BCUT2D eigenvalue weighted by atomic mass is 28.3. The van der Waals surface area contributed by atoms with E-state index in [1.165, 1.54) is 22.0 Å². The Morgan fingerprint density at radius 2 is 1.77 bits per heavy atom. The number of aliphatic hydroxyl groups is 1. The van der Waals surface area contributed by atoms with Crippen LogP contribution in [0.4, 0.5) is 11.4 Å². The van der Waals surface area contributed by atoms with Crippen LogP contribution in [0.2, 0.25) is 18.6 Å². The number of benzene rings is 4. The quantitative estimate of drug-likeness (QED) is 0.0980. The van der Waals surface area contributed by atoms with Crippen LogP contribution in [0.25, 0.3) is 16.5 Å². The van der Waals surface area contributed by atoms with E-state index in [2.05, 4.69) is 40.6 Å². The standard InChI is InChI=1S/C42H43N7O7Si/c1-27-39(57(3,4)34-16-14-33(55-2)15-17-34)38(19-21-46-26-30(20-22-50)44-45-46)56-42(27)36-23-32(49(53)54)13-18-37(36)47(41(42)52)25-28-9-11-31(12-10-28)48-40(51)35-8-6-5-7-29(35)24-43-48/h5-18,23-24,26-27,38-39,50H,19-22,25H2,1-4H3/t27-,38+,39-,42+/m1/s1.